The molecule has 3 aromatic rings. The lowest BCUT2D eigenvalue weighted by Gasteiger charge is -2.05. The van der Waals surface area contributed by atoms with Crippen LogP contribution in [0.1, 0.15) is 10.6 Å². The molecule has 0 spiro atoms. The van der Waals surface area contributed by atoms with E-state index in [0.717, 1.165) is 11.3 Å². The van der Waals surface area contributed by atoms with E-state index in [2.05, 4.69) is 11.1 Å². The van der Waals surface area contributed by atoms with Gasteiger partial charge < -0.3 is 9.84 Å². The van der Waals surface area contributed by atoms with E-state index < -0.39 is 16.4 Å². The fourth-order valence-electron chi connectivity index (χ4n) is 2.44. The van der Waals surface area contributed by atoms with Crippen LogP contribution in [0.3, 0.4) is 0 Å². The van der Waals surface area contributed by atoms with Crippen LogP contribution in [-0.2, 0) is 0 Å². The maximum absolute atomic E-state index is 11.1. The largest absolute Gasteiger partial charge is 0.500 e. The van der Waals surface area contributed by atoms with Crippen LogP contribution in [0.5, 0.6) is 11.5 Å². The average Bonchev–Trinajstić information content (AvgIpc) is 3.17. The number of thiazole rings is 1. The minimum atomic E-state index is -0.710. The summed E-state index contributed by atoms with van der Waals surface area (Å²) in [5.41, 5.74) is 1.78. The highest BCUT2D eigenvalue weighted by atomic mass is 32.1. The summed E-state index contributed by atoms with van der Waals surface area (Å²) in [7, 11) is 1.30. The van der Waals surface area contributed by atoms with Crippen molar-refractivity contribution in [1.82, 2.24) is 4.98 Å². The van der Waals surface area contributed by atoms with Crippen LogP contribution in [-0.4, -0.2) is 22.1 Å². The van der Waals surface area contributed by atoms with Crippen molar-refractivity contribution in [3.63, 3.8) is 0 Å². The minimum Gasteiger partial charge on any atom is -0.500 e. The van der Waals surface area contributed by atoms with Crippen molar-refractivity contribution in [1.29, 1.82) is 5.26 Å². The van der Waals surface area contributed by atoms with E-state index >= 15 is 0 Å². The number of nitriles is 1. The van der Waals surface area contributed by atoms with Crippen LogP contribution in [0.15, 0.2) is 47.8 Å². The molecule has 0 saturated carbocycles. The van der Waals surface area contributed by atoms with Gasteiger partial charge in [-0.2, -0.15) is 5.26 Å². The highest BCUT2D eigenvalue weighted by Crippen LogP contribution is 2.38. The summed E-state index contributed by atoms with van der Waals surface area (Å²) in [6, 6.07) is 14.2. The molecule has 0 unspecified atom stereocenters. The van der Waals surface area contributed by atoms with E-state index in [1.807, 2.05) is 35.7 Å². The number of rotatable bonds is 5. The van der Waals surface area contributed by atoms with Crippen LogP contribution in [0, 0.1) is 21.4 Å². The normalized spacial score (nSPS) is 11.0. The lowest BCUT2D eigenvalue weighted by Crippen LogP contribution is -1.93. The van der Waals surface area contributed by atoms with Crippen LogP contribution >= 0.6 is 11.3 Å². The maximum Gasteiger partial charge on any atom is 0.315 e. The second kappa shape index (κ2) is 7.68. The second-order valence-electron chi connectivity index (χ2n) is 5.42. The predicted octanol–water partition coefficient (Wildman–Crippen LogP) is 4.50. The zero-order valence-corrected chi connectivity index (χ0v) is 14.9. The molecule has 0 bridgehead atoms. The number of phenols is 1. The van der Waals surface area contributed by atoms with Gasteiger partial charge in [0.05, 0.1) is 23.3 Å². The Morgan fingerprint density at radius 3 is 2.74 bits per heavy atom. The monoisotopic (exact) mass is 379 g/mol. The molecule has 134 valence electrons. The molecule has 0 atom stereocenters. The van der Waals surface area contributed by atoms with Gasteiger partial charge in [-0.05, 0) is 17.7 Å². The van der Waals surface area contributed by atoms with E-state index in [4.69, 9.17) is 4.74 Å². The molecule has 1 aromatic heterocycles. The molecule has 0 fully saturated rings. The second-order valence-corrected chi connectivity index (χ2v) is 6.28. The third kappa shape index (κ3) is 3.78. The molecule has 8 heteroatoms. The number of nitrogens with zero attached hydrogens (tertiary/aromatic N) is 3. The Kier molecular flexibility index (Phi) is 5.15. The standard InChI is InChI=1S/C19H13N3O4S/c1-26-17-9-12(8-16(18(17)23)22(24)25)7-14(10-20)19-21-15(11-27-19)13-5-3-2-4-6-13/h2-9,11,23H,1H3/b14-7-. The Morgan fingerprint density at radius 1 is 1.37 bits per heavy atom. The summed E-state index contributed by atoms with van der Waals surface area (Å²) < 4.78 is 4.98. The van der Waals surface area contributed by atoms with E-state index in [9.17, 15) is 20.5 Å². The van der Waals surface area contributed by atoms with Crippen LogP contribution in [0.2, 0.25) is 0 Å². The fraction of sp³-hybridized carbons (Fsp3) is 0.0526. The quantitative estimate of drug-likeness (QED) is 0.397. The van der Waals surface area contributed by atoms with E-state index in [0.29, 0.717) is 10.6 Å². The van der Waals surface area contributed by atoms with Gasteiger partial charge in [-0.25, -0.2) is 4.98 Å². The van der Waals surface area contributed by atoms with Crippen LogP contribution < -0.4 is 4.74 Å². The summed E-state index contributed by atoms with van der Waals surface area (Å²) in [6.45, 7) is 0. The van der Waals surface area contributed by atoms with Crippen molar-refractivity contribution in [2.75, 3.05) is 7.11 Å². The first-order chi connectivity index (χ1) is 13.0. The molecule has 3 rings (SSSR count). The smallest absolute Gasteiger partial charge is 0.315 e. The van der Waals surface area contributed by atoms with Crippen molar-refractivity contribution >= 4 is 28.7 Å². The molecule has 0 amide bonds. The number of ether oxygens (including phenoxy) is 1. The fourth-order valence-corrected chi connectivity index (χ4v) is 3.23. The van der Waals surface area contributed by atoms with Crippen molar-refractivity contribution in [2.24, 2.45) is 0 Å². The Hall–Kier alpha value is -3.70. The minimum absolute atomic E-state index is 0.0446. The third-order valence-corrected chi connectivity index (χ3v) is 4.60. The van der Waals surface area contributed by atoms with E-state index in [-0.39, 0.29) is 11.3 Å². The number of methoxy groups -OCH3 is 1. The number of nitro groups is 1. The maximum atomic E-state index is 11.1. The number of hydrogen-bond donors (Lipinski definition) is 1. The summed E-state index contributed by atoms with van der Waals surface area (Å²) in [5.74, 6) is -0.601. The zero-order valence-electron chi connectivity index (χ0n) is 14.1. The lowest BCUT2D eigenvalue weighted by molar-refractivity contribution is -0.386. The van der Waals surface area contributed by atoms with Crippen LogP contribution in [0.25, 0.3) is 22.9 Å². The van der Waals surface area contributed by atoms with Gasteiger partial charge in [-0.15, -0.1) is 11.3 Å². The van der Waals surface area contributed by atoms with Gasteiger partial charge in [-0.3, -0.25) is 10.1 Å². The molecule has 1 heterocycles. The molecule has 2 aromatic carbocycles. The topological polar surface area (TPSA) is 109 Å². The molecule has 0 radical (unpaired) electrons. The van der Waals surface area contributed by atoms with Gasteiger partial charge in [0.2, 0.25) is 5.75 Å². The summed E-state index contributed by atoms with van der Waals surface area (Å²) in [4.78, 5) is 14.9. The SMILES string of the molecule is COc1cc(/C=C(/C#N)c2nc(-c3ccccc3)cs2)cc([N+](=O)[O-])c1O. The summed E-state index contributed by atoms with van der Waals surface area (Å²) in [6.07, 6.45) is 1.47. The number of allylic oxidation sites excluding steroid dienone is 1. The van der Waals surface area contributed by atoms with Crippen molar-refractivity contribution in [3.05, 3.63) is 68.5 Å². The summed E-state index contributed by atoms with van der Waals surface area (Å²) >= 11 is 1.30. The number of phenolic OH excluding ortho intramolecular Hbond substituents is 1. The number of aromatic hydroxyl groups is 1. The molecule has 0 aliphatic carbocycles. The average molecular weight is 379 g/mol. The third-order valence-electron chi connectivity index (χ3n) is 3.73. The lowest BCUT2D eigenvalue weighted by atomic mass is 10.1. The van der Waals surface area contributed by atoms with Gasteiger partial charge in [0, 0.05) is 17.0 Å². The van der Waals surface area contributed by atoms with Crippen LogP contribution in [0.4, 0.5) is 5.69 Å². The number of benzene rings is 2. The molecular weight excluding hydrogens is 366 g/mol. The molecule has 0 saturated heterocycles. The van der Waals surface area contributed by atoms with E-state index in [1.54, 1.807) is 0 Å². The summed E-state index contributed by atoms with van der Waals surface area (Å²) in [5, 5.41) is 32.8. The Labute approximate surface area is 158 Å². The highest BCUT2D eigenvalue weighted by molar-refractivity contribution is 7.11. The number of nitro benzene ring substituents is 1. The van der Waals surface area contributed by atoms with Crippen molar-refractivity contribution in [3.8, 4) is 28.8 Å². The first kappa shape index (κ1) is 18.1. The van der Waals surface area contributed by atoms with Gasteiger partial charge in [0.25, 0.3) is 0 Å². The molecule has 1 N–H and O–H groups in total. The Bertz CT molecular complexity index is 1070. The van der Waals surface area contributed by atoms with Gasteiger partial charge >= 0.3 is 5.69 Å². The molecule has 7 nitrogen and oxygen atoms in total. The van der Waals surface area contributed by atoms with Gasteiger partial charge in [-0.1, -0.05) is 30.3 Å². The molecule has 27 heavy (non-hydrogen) atoms. The number of aromatic nitrogens is 1. The Morgan fingerprint density at radius 2 is 2.11 bits per heavy atom. The predicted molar refractivity (Wildman–Crippen MR) is 102 cm³/mol. The van der Waals surface area contributed by atoms with Gasteiger partial charge in [0.15, 0.2) is 5.75 Å². The number of hydrogen-bond acceptors (Lipinski definition) is 7. The highest BCUT2D eigenvalue weighted by Gasteiger charge is 2.20. The molecular formula is C19H13N3O4S. The first-order valence-corrected chi connectivity index (χ1v) is 8.60. The molecule has 0 aliphatic rings. The van der Waals surface area contributed by atoms with E-state index in [1.165, 1.54) is 36.7 Å². The Balaban J connectivity index is 2.03. The molecule has 0 aliphatic heterocycles. The zero-order chi connectivity index (χ0) is 19.4. The van der Waals surface area contributed by atoms with Crippen molar-refractivity contribution in [2.45, 2.75) is 0 Å². The first-order valence-electron chi connectivity index (χ1n) is 7.72. The van der Waals surface area contributed by atoms with Crippen molar-refractivity contribution < 1.29 is 14.8 Å². The van der Waals surface area contributed by atoms with Gasteiger partial charge in [0.1, 0.15) is 11.1 Å².